The molecule has 132 valence electrons. The zero-order valence-electron chi connectivity index (χ0n) is 15.0. The van der Waals surface area contributed by atoms with E-state index in [0.29, 0.717) is 11.1 Å². The summed E-state index contributed by atoms with van der Waals surface area (Å²) in [5.41, 5.74) is 3.90. The molecule has 2 aromatic rings. The molecule has 25 heavy (non-hydrogen) atoms. The molecule has 0 atom stereocenters. The molecule has 0 aliphatic carbocycles. The summed E-state index contributed by atoms with van der Waals surface area (Å²) in [4.78, 5) is 17.0. The molecule has 3 rings (SSSR count). The van der Waals surface area contributed by atoms with Crippen molar-refractivity contribution in [2.24, 2.45) is 0 Å². The third-order valence-corrected chi connectivity index (χ3v) is 4.73. The van der Waals surface area contributed by atoms with Crippen LogP contribution < -0.4 is 10.2 Å². The van der Waals surface area contributed by atoms with E-state index in [2.05, 4.69) is 29.1 Å². The van der Waals surface area contributed by atoms with Crippen molar-refractivity contribution in [2.45, 2.75) is 13.8 Å². The number of rotatable bonds is 3. The molecule has 1 N–H and O–H groups in total. The minimum absolute atomic E-state index is 0.300. The van der Waals surface area contributed by atoms with Crippen molar-refractivity contribution in [2.75, 3.05) is 43.4 Å². The molecule has 0 unspecified atom stereocenters. The van der Waals surface area contributed by atoms with Crippen molar-refractivity contribution in [1.82, 2.24) is 4.90 Å². The molecule has 0 saturated carbocycles. The third kappa shape index (κ3) is 3.99. The number of amides is 1. The standard InChI is InChI=1S/C20H24FN3O/c1-14-4-5-16(13-18(14)21)20(25)22-17-6-7-19(15(2)12-17)24-10-8-23(3)9-11-24/h4-7,12-13H,8-11H2,1-3H3,(H,22,25). The van der Waals surface area contributed by atoms with Gasteiger partial charge < -0.3 is 15.1 Å². The zero-order valence-corrected chi connectivity index (χ0v) is 15.0. The highest BCUT2D eigenvalue weighted by Crippen LogP contribution is 2.25. The second-order valence-electron chi connectivity index (χ2n) is 6.71. The number of likely N-dealkylation sites (N-methyl/N-ethyl adjacent to an activating group) is 1. The summed E-state index contributed by atoms with van der Waals surface area (Å²) in [7, 11) is 2.14. The van der Waals surface area contributed by atoms with E-state index in [1.54, 1.807) is 19.1 Å². The molecular weight excluding hydrogens is 317 g/mol. The number of benzene rings is 2. The fraction of sp³-hybridized carbons (Fsp3) is 0.350. The molecule has 1 amide bonds. The summed E-state index contributed by atoms with van der Waals surface area (Å²) in [6.07, 6.45) is 0. The van der Waals surface area contributed by atoms with Crippen LogP contribution in [0.3, 0.4) is 0 Å². The van der Waals surface area contributed by atoms with Crippen molar-refractivity contribution in [1.29, 1.82) is 0 Å². The molecule has 2 aromatic carbocycles. The van der Waals surface area contributed by atoms with Crippen molar-refractivity contribution in [3.63, 3.8) is 0 Å². The second kappa shape index (κ2) is 7.23. The number of piperazine rings is 1. The topological polar surface area (TPSA) is 35.6 Å². The van der Waals surface area contributed by atoms with Gasteiger partial charge in [0.25, 0.3) is 5.91 Å². The van der Waals surface area contributed by atoms with Gasteiger partial charge >= 0.3 is 0 Å². The molecule has 4 nitrogen and oxygen atoms in total. The van der Waals surface area contributed by atoms with Crippen LogP contribution >= 0.6 is 0 Å². The van der Waals surface area contributed by atoms with Crippen molar-refractivity contribution >= 4 is 17.3 Å². The summed E-state index contributed by atoms with van der Waals surface area (Å²) in [5, 5.41) is 2.85. The van der Waals surface area contributed by atoms with E-state index < -0.39 is 0 Å². The second-order valence-corrected chi connectivity index (χ2v) is 6.71. The SMILES string of the molecule is Cc1ccc(C(=O)Nc2ccc(N3CCN(C)CC3)c(C)c2)cc1F. The fourth-order valence-electron chi connectivity index (χ4n) is 3.07. The number of nitrogens with one attached hydrogen (secondary N) is 1. The molecule has 0 radical (unpaired) electrons. The lowest BCUT2D eigenvalue weighted by atomic mass is 10.1. The average Bonchev–Trinajstić information content (AvgIpc) is 2.58. The first-order valence-corrected chi connectivity index (χ1v) is 8.55. The molecule has 1 heterocycles. The van der Waals surface area contributed by atoms with Crippen LogP contribution in [-0.2, 0) is 0 Å². The van der Waals surface area contributed by atoms with E-state index >= 15 is 0 Å². The molecule has 0 aromatic heterocycles. The quantitative estimate of drug-likeness (QED) is 0.929. The smallest absolute Gasteiger partial charge is 0.255 e. The molecule has 5 heteroatoms. The lowest BCUT2D eigenvalue weighted by molar-refractivity contribution is 0.102. The van der Waals surface area contributed by atoms with Crippen LogP contribution in [0.25, 0.3) is 0 Å². The Morgan fingerprint density at radius 2 is 1.72 bits per heavy atom. The number of hydrogen-bond acceptors (Lipinski definition) is 3. The average molecular weight is 341 g/mol. The summed E-state index contributed by atoms with van der Waals surface area (Å²) in [5.74, 6) is -0.667. The maximum absolute atomic E-state index is 13.6. The van der Waals surface area contributed by atoms with Gasteiger partial charge in [-0.3, -0.25) is 4.79 Å². The van der Waals surface area contributed by atoms with Crippen LogP contribution in [0, 0.1) is 19.7 Å². The monoisotopic (exact) mass is 341 g/mol. The number of anilines is 2. The summed E-state index contributed by atoms with van der Waals surface area (Å²) in [6, 6.07) is 10.5. The van der Waals surface area contributed by atoms with Gasteiger partial charge in [0.05, 0.1) is 0 Å². The van der Waals surface area contributed by atoms with E-state index in [1.807, 2.05) is 18.2 Å². The number of carbonyl (C=O) groups is 1. The maximum atomic E-state index is 13.6. The molecule has 0 spiro atoms. The molecular formula is C20H24FN3O. The third-order valence-electron chi connectivity index (χ3n) is 4.73. The molecule has 1 fully saturated rings. The van der Waals surface area contributed by atoms with Gasteiger partial charge in [0, 0.05) is 43.1 Å². The maximum Gasteiger partial charge on any atom is 0.255 e. The number of hydrogen-bond donors (Lipinski definition) is 1. The van der Waals surface area contributed by atoms with Crippen LogP contribution in [-0.4, -0.2) is 44.0 Å². The van der Waals surface area contributed by atoms with Crippen LogP contribution in [0.5, 0.6) is 0 Å². The van der Waals surface area contributed by atoms with Crippen molar-refractivity contribution in [3.05, 3.63) is 58.9 Å². The summed E-state index contributed by atoms with van der Waals surface area (Å²) >= 11 is 0. The summed E-state index contributed by atoms with van der Waals surface area (Å²) < 4.78 is 13.6. The van der Waals surface area contributed by atoms with E-state index in [4.69, 9.17) is 0 Å². The highest BCUT2D eigenvalue weighted by Gasteiger charge is 2.16. The normalized spacial score (nSPS) is 15.3. The Hall–Kier alpha value is -2.40. The largest absolute Gasteiger partial charge is 0.369 e. The van der Waals surface area contributed by atoms with Crippen molar-refractivity contribution < 1.29 is 9.18 Å². The van der Waals surface area contributed by atoms with Crippen LogP contribution in [0.4, 0.5) is 15.8 Å². The minimum atomic E-state index is -0.366. The Labute approximate surface area is 148 Å². The number of carbonyl (C=O) groups excluding carboxylic acids is 1. The number of aryl methyl sites for hydroxylation is 2. The van der Waals surface area contributed by atoms with Gasteiger partial charge in [-0.25, -0.2) is 4.39 Å². The van der Waals surface area contributed by atoms with Gasteiger partial charge in [0.1, 0.15) is 5.82 Å². The first-order chi connectivity index (χ1) is 11.9. The van der Waals surface area contributed by atoms with Gasteiger partial charge in [-0.1, -0.05) is 6.07 Å². The van der Waals surface area contributed by atoms with Gasteiger partial charge in [-0.15, -0.1) is 0 Å². The predicted octanol–water partition coefficient (Wildman–Crippen LogP) is 3.45. The Morgan fingerprint density at radius 3 is 2.36 bits per heavy atom. The molecule has 1 aliphatic rings. The fourth-order valence-corrected chi connectivity index (χ4v) is 3.07. The lowest BCUT2D eigenvalue weighted by Gasteiger charge is -2.35. The number of nitrogens with zero attached hydrogens (tertiary/aromatic N) is 2. The van der Waals surface area contributed by atoms with Gasteiger partial charge in [0.15, 0.2) is 0 Å². The van der Waals surface area contributed by atoms with E-state index in [9.17, 15) is 9.18 Å². The van der Waals surface area contributed by atoms with Gasteiger partial charge in [0.2, 0.25) is 0 Å². The van der Waals surface area contributed by atoms with E-state index in [-0.39, 0.29) is 11.7 Å². The Bertz CT molecular complexity index is 783. The zero-order chi connectivity index (χ0) is 18.0. The van der Waals surface area contributed by atoms with Crippen molar-refractivity contribution in [3.8, 4) is 0 Å². The molecule has 0 bridgehead atoms. The Morgan fingerprint density at radius 1 is 1.00 bits per heavy atom. The minimum Gasteiger partial charge on any atom is -0.369 e. The number of halogens is 1. The highest BCUT2D eigenvalue weighted by molar-refractivity contribution is 6.04. The van der Waals surface area contributed by atoms with Gasteiger partial charge in [-0.05, 0) is 62.4 Å². The van der Waals surface area contributed by atoms with E-state index in [0.717, 1.165) is 37.4 Å². The predicted molar refractivity (Wildman–Crippen MR) is 100.0 cm³/mol. The molecule has 1 aliphatic heterocycles. The first kappa shape index (κ1) is 17.4. The highest BCUT2D eigenvalue weighted by atomic mass is 19.1. The molecule has 1 saturated heterocycles. The van der Waals surface area contributed by atoms with Crippen LogP contribution in [0.2, 0.25) is 0 Å². The van der Waals surface area contributed by atoms with E-state index in [1.165, 1.54) is 11.8 Å². The summed E-state index contributed by atoms with van der Waals surface area (Å²) in [6.45, 7) is 7.84. The Kier molecular flexibility index (Phi) is 5.04. The van der Waals surface area contributed by atoms with Gasteiger partial charge in [-0.2, -0.15) is 0 Å². The lowest BCUT2D eigenvalue weighted by Crippen LogP contribution is -2.44. The first-order valence-electron chi connectivity index (χ1n) is 8.55. The Balaban J connectivity index is 1.72. The van der Waals surface area contributed by atoms with Crippen LogP contribution in [0.1, 0.15) is 21.5 Å². The van der Waals surface area contributed by atoms with Crippen LogP contribution in [0.15, 0.2) is 36.4 Å².